The Morgan fingerprint density at radius 2 is 2.14 bits per heavy atom. The molecule has 0 spiro atoms. The predicted molar refractivity (Wildman–Crippen MR) is 84.2 cm³/mol. The van der Waals surface area contributed by atoms with Crippen molar-refractivity contribution >= 4 is 22.2 Å². The molecule has 0 atom stereocenters. The first-order valence-corrected chi connectivity index (χ1v) is 8.57. The van der Waals surface area contributed by atoms with E-state index in [0.29, 0.717) is 5.56 Å². The van der Waals surface area contributed by atoms with Crippen molar-refractivity contribution in [1.29, 1.82) is 5.26 Å². The summed E-state index contributed by atoms with van der Waals surface area (Å²) in [5, 5.41) is 16.5. The molecule has 2 N–H and O–H groups in total. The fourth-order valence-electron chi connectivity index (χ4n) is 3.28. The van der Waals surface area contributed by atoms with E-state index in [1.165, 1.54) is 4.88 Å². The molecule has 0 aromatic carbocycles. The number of amides is 1. The molecule has 1 aromatic heterocycles. The molecule has 0 radical (unpaired) electrons. The zero-order chi connectivity index (χ0) is 14.8. The van der Waals surface area contributed by atoms with Crippen molar-refractivity contribution < 1.29 is 4.79 Å². The van der Waals surface area contributed by atoms with Gasteiger partial charge in [0.2, 0.25) is 5.91 Å². The molecule has 0 unspecified atom stereocenters. The normalized spacial score (nSPS) is 25.0. The first-order valence-electron chi connectivity index (χ1n) is 7.75. The lowest BCUT2D eigenvalue weighted by Gasteiger charge is -2.25. The molecule has 2 heterocycles. The quantitative estimate of drug-likeness (QED) is 0.882. The van der Waals surface area contributed by atoms with Crippen LogP contribution in [-0.4, -0.2) is 12.5 Å². The summed E-state index contributed by atoms with van der Waals surface area (Å²) in [6.45, 7) is 3.97. The second kappa shape index (κ2) is 6.17. The van der Waals surface area contributed by atoms with E-state index in [4.69, 9.17) is 0 Å². The fraction of sp³-hybridized carbons (Fsp3) is 0.625. The van der Waals surface area contributed by atoms with Gasteiger partial charge >= 0.3 is 0 Å². The average molecular weight is 303 g/mol. The van der Waals surface area contributed by atoms with Gasteiger partial charge < -0.3 is 10.6 Å². The van der Waals surface area contributed by atoms with Crippen LogP contribution in [0.2, 0.25) is 0 Å². The summed E-state index contributed by atoms with van der Waals surface area (Å²) in [4.78, 5) is 13.6. The van der Waals surface area contributed by atoms with Crippen molar-refractivity contribution in [2.24, 2.45) is 11.8 Å². The molecule has 0 bridgehead atoms. The van der Waals surface area contributed by atoms with Gasteiger partial charge in [-0.1, -0.05) is 6.92 Å². The van der Waals surface area contributed by atoms with Crippen LogP contribution in [0.1, 0.15) is 48.6 Å². The minimum atomic E-state index is 0.102. The average Bonchev–Trinajstić information content (AvgIpc) is 2.84. The number of nitriles is 1. The zero-order valence-corrected chi connectivity index (χ0v) is 13.2. The van der Waals surface area contributed by atoms with Gasteiger partial charge in [-0.2, -0.15) is 5.26 Å². The predicted octanol–water partition coefficient (Wildman–Crippen LogP) is 3.03. The van der Waals surface area contributed by atoms with Gasteiger partial charge in [-0.05, 0) is 50.1 Å². The molecular weight excluding hydrogens is 282 g/mol. The molecule has 1 saturated carbocycles. The summed E-state index contributed by atoms with van der Waals surface area (Å²) in [7, 11) is 0. The van der Waals surface area contributed by atoms with Crippen molar-refractivity contribution in [3.63, 3.8) is 0 Å². The SMILES string of the molecule is CC1CCC(C(=O)Nc2sc3c(c2C#N)CCNC3)CC1. The number of thiophene rings is 1. The number of hydrogen-bond acceptors (Lipinski definition) is 4. The van der Waals surface area contributed by atoms with Gasteiger partial charge in [0.15, 0.2) is 0 Å². The Bertz CT molecular complexity index is 579. The van der Waals surface area contributed by atoms with Crippen LogP contribution in [0.25, 0.3) is 0 Å². The third kappa shape index (κ3) is 2.97. The van der Waals surface area contributed by atoms with Crippen LogP contribution in [0.3, 0.4) is 0 Å². The maximum absolute atomic E-state index is 12.4. The number of nitrogens with zero attached hydrogens (tertiary/aromatic N) is 1. The Morgan fingerprint density at radius 3 is 2.86 bits per heavy atom. The molecule has 1 aliphatic carbocycles. The Hall–Kier alpha value is -1.38. The van der Waals surface area contributed by atoms with E-state index in [0.717, 1.165) is 61.7 Å². The number of carbonyl (C=O) groups excluding carboxylic acids is 1. The molecule has 2 aliphatic rings. The molecular formula is C16H21N3OS. The Labute approximate surface area is 129 Å². The first-order chi connectivity index (χ1) is 10.2. The van der Waals surface area contributed by atoms with Gasteiger partial charge in [-0.3, -0.25) is 4.79 Å². The smallest absolute Gasteiger partial charge is 0.228 e. The maximum atomic E-state index is 12.4. The molecule has 1 fully saturated rings. The molecule has 0 saturated heterocycles. The van der Waals surface area contributed by atoms with Gasteiger partial charge in [0.05, 0.1) is 5.56 Å². The minimum Gasteiger partial charge on any atom is -0.316 e. The molecule has 1 aromatic rings. The molecule has 4 nitrogen and oxygen atoms in total. The van der Waals surface area contributed by atoms with E-state index in [2.05, 4.69) is 23.6 Å². The Morgan fingerprint density at radius 1 is 1.38 bits per heavy atom. The highest BCUT2D eigenvalue weighted by molar-refractivity contribution is 7.16. The number of fused-ring (bicyclic) bond motifs is 1. The van der Waals surface area contributed by atoms with Crippen molar-refractivity contribution in [3.8, 4) is 6.07 Å². The molecule has 21 heavy (non-hydrogen) atoms. The maximum Gasteiger partial charge on any atom is 0.228 e. The summed E-state index contributed by atoms with van der Waals surface area (Å²) >= 11 is 1.56. The van der Waals surface area contributed by atoms with Crippen molar-refractivity contribution in [2.75, 3.05) is 11.9 Å². The molecule has 1 amide bonds. The topological polar surface area (TPSA) is 64.9 Å². The number of hydrogen-bond donors (Lipinski definition) is 2. The highest BCUT2D eigenvalue weighted by Crippen LogP contribution is 2.36. The van der Waals surface area contributed by atoms with Crippen LogP contribution in [0.15, 0.2) is 0 Å². The monoisotopic (exact) mass is 303 g/mol. The van der Waals surface area contributed by atoms with Crippen LogP contribution in [0.4, 0.5) is 5.00 Å². The van der Waals surface area contributed by atoms with Crippen LogP contribution in [-0.2, 0) is 17.8 Å². The lowest BCUT2D eigenvalue weighted by Crippen LogP contribution is -2.26. The lowest BCUT2D eigenvalue weighted by atomic mass is 9.82. The van der Waals surface area contributed by atoms with E-state index in [-0.39, 0.29) is 11.8 Å². The fourth-order valence-corrected chi connectivity index (χ4v) is 4.45. The second-order valence-corrected chi connectivity index (χ2v) is 7.30. The minimum absolute atomic E-state index is 0.102. The summed E-state index contributed by atoms with van der Waals surface area (Å²) < 4.78 is 0. The third-order valence-electron chi connectivity index (χ3n) is 4.66. The lowest BCUT2D eigenvalue weighted by molar-refractivity contribution is -0.120. The highest BCUT2D eigenvalue weighted by atomic mass is 32.1. The molecule has 112 valence electrons. The number of carbonyl (C=O) groups is 1. The second-order valence-electron chi connectivity index (χ2n) is 6.19. The first kappa shape index (κ1) is 14.6. The zero-order valence-electron chi connectivity index (χ0n) is 12.4. The number of anilines is 1. The third-order valence-corrected chi connectivity index (χ3v) is 5.81. The van der Waals surface area contributed by atoms with E-state index < -0.39 is 0 Å². The van der Waals surface area contributed by atoms with Crippen LogP contribution in [0, 0.1) is 23.2 Å². The Kier molecular flexibility index (Phi) is 4.27. The van der Waals surface area contributed by atoms with Gasteiger partial charge in [-0.15, -0.1) is 11.3 Å². The highest BCUT2D eigenvalue weighted by Gasteiger charge is 2.27. The summed E-state index contributed by atoms with van der Waals surface area (Å²) in [6.07, 6.45) is 5.09. The van der Waals surface area contributed by atoms with E-state index in [1.54, 1.807) is 11.3 Å². The molecule has 5 heteroatoms. The number of nitrogens with one attached hydrogen (secondary N) is 2. The van der Waals surface area contributed by atoms with Gasteiger partial charge in [0.1, 0.15) is 11.1 Å². The molecule has 3 rings (SSSR count). The summed E-state index contributed by atoms with van der Waals surface area (Å²) in [5.74, 6) is 0.957. The van der Waals surface area contributed by atoms with E-state index in [1.807, 2.05) is 0 Å². The standard InChI is InChI=1S/C16H21N3OS/c1-10-2-4-11(5-3-10)15(20)19-16-13(8-17)12-6-7-18-9-14(12)21-16/h10-11,18H,2-7,9H2,1H3,(H,19,20). The summed E-state index contributed by atoms with van der Waals surface area (Å²) in [6, 6.07) is 2.29. The van der Waals surface area contributed by atoms with Crippen LogP contribution in [0.5, 0.6) is 0 Å². The Balaban J connectivity index is 1.74. The largest absolute Gasteiger partial charge is 0.316 e. The van der Waals surface area contributed by atoms with Gasteiger partial charge in [-0.25, -0.2) is 0 Å². The van der Waals surface area contributed by atoms with E-state index >= 15 is 0 Å². The van der Waals surface area contributed by atoms with Crippen LogP contribution < -0.4 is 10.6 Å². The number of rotatable bonds is 2. The van der Waals surface area contributed by atoms with Crippen LogP contribution >= 0.6 is 11.3 Å². The van der Waals surface area contributed by atoms with Gasteiger partial charge in [0, 0.05) is 17.3 Å². The summed E-state index contributed by atoms with van der Waals surface area (Å²) in [5.41, 5.74) is 1.82. The van der Waals surface area contributed by atoms with Crippen molar-refractivity contribution in [3.05, 3.63) is 16.0 Å². The van der Waals surface area contributed by atoms with Crippen molar-refractivity contribution in [1.82, 2.24) is 5.32 Å². The van der Waals surface area contributed by atoms with E-state index in [9.17, 15) is 10.1 Å². The van der Waals surface area contributed by atoms with Crippen molar-refractivity contribution in [2.45, 2.75) is 45.6 Å². The molecule has 1 aliphatic heterocycles. The van der Waals surface area contributed by atoms with Gasteiger partial charge in [0.25, 0.3) is 0 Å².